The number of carbonyl (C=O) groups excluding carboxylic acids is 1. The zero-order valence-electron chi connectivity index (χ0n) is 17.8. The summed E-state index contributed by atoms with van der Waals surface area (Å²) in [7, 11) is -3.86. The van der Waals surface area contributed by atoms with Crippen molar-refractivity contribution in [3.63, 3.8) is 0 Å². The fraction of sp³-hybridized carbons (Fsp3) is 0.125. The lowest BCUT2D eigenvalue weighted by molar-refractivity contribution is 0.103. The maximum absolute atomic E-state index is 14.7. The number of aromatic nitrogens is 2. The van der Waals surface area contributed by atoms with Crippen LogP contribution in [0.1, 0.15) is 29.3 Å². The van der Waals surface area contributed by atoms with Crippen LogP contribution in [-0.4, -0.2) is 29.9 Å². The Bertz CT molecular complexity index is 1510. The molecule has 0 aliphatic heterocycles. The zero-order chi connectivity index (χ0) is 24.5. The molecule has 0 saturated heterocycles. The number of benzene rings is 3. The first-order valence-corrected chi connectivity index (χ1v) is 12.3. The molecule has 0 fully saturated rings. The molecule has 0 atom stereocenters. The van der Waals surface area contributed by atoms with E-state index in [-0.39, 0.29) is 11.3 Å². The molecule has 4 rings (SSSR count). The number of nitrogens with zero attached hydrogens (tertiary/aromatic N) is 2. The normalized spacial score (nSPS) is 11.5. The van der Waals surface area contributed by atoms with Crippen LogP contribution in [0.15, 0.2) is 60.8 Å². The second-order valence-electron chi connectivity index (χ2n) is 7.48. The summed E-state index contributed by atoms with van der Waals surface area (Å²) < 4.78 is 55.3. The average molecular weight is 502 g/mol. The third-order valence-electron chi connectivity index (χ3n) is 5.00. The molecule has 174 valence electrons. The van der Waals surface area contributed by atoms with Crippen molar-refractivity contribution >= 4 is 44.1 Å². The minimum Gasteiger partial charge on any atom is -0.288 e. The van der Waals surface area contributed by atoms with Crippen LogP contribution >= 0.6 is 11.6 Å². The van der Waals surface area contributed by atoms with Crippen molar-refractivity contribution in [2.75, 3.05) is 10.5 Å². The van der Waals surface area contributed by atoms with Crippen LogP contribution < -0.4 is 4.72 Å². The highest BCUT2D eigenvalue weighted by molar-refractivity contribution is 7.92. The number of ketones is 1. The SMILES string of the molecule is CCCS(=O)(=O)Nc1cc(F)c(F)c(C(=O)c2ccc3ncc(-c4ccccc4)nc3c2)c1Cl. The van der Waals surface area contributed by atoms with E-state index in [9.17, 15) is 22.0 Å². The van der Waals surface area contributed by atoms with E-state index in [1.54, 1.807) is 13.1 Å². The summed E-state index contributed by atoms with van der Waals surface area (Å²) in [5.74, 6) is -4.06. The van der Waals surface area contributed by atoms with E-state index in [2.05, 4.69) is 14.7 Å². The van der Waals surface area contributed by atoms with Gasteiger partial charge in [-0.2, -0.15) is 0 Å². The molecular formula is C24H18ClF2N3O3S. The molecule has 0 bridgehead atoms. The molecule has 10 heteroatoms. The van der Waals surface area contributed by atoms with Gasteiger partial charge in [-0.3, -0.25) is 14.5 Å². The molecule has 6 nitrogen and oxygen atoms in total. The number of sulfonamides is 1. The lowest BCUT2D eigenvalue weighted by atomic mass is 10.0. The van der Waals surface area contributed by atoms with Crippen molar-refractivity contribution in [3.8, 4) is 11.3 Å². The fourth-order valence-electron chi connectivity index (χ4n) is 3.41. The molecule has 3 aromatic carbocycles. The van der Waals surface area contributed by atoms with Crippen molar-refractivity contribution in [2.24, 2.45) is 0 Å². The van der Waals surface area contributed by atoms with Gasteiger partial charge in [-0.15, -0.1) is 0 Å². The Morgan fingerprint density at radius 1 is 1.06 bits per heavy atom. The third kappa shape index (κ3) is 4.76. The van der Waals surface area contributed by atoms with E-state index in [1.807, 2.05) is 30.3 Å². The molecular weight excluding hydrogens is 484 g/mol. The van der Waals surface area contributed by atoms with Crippen LogP contribution in [0, 0.1) is 11.6 Å². The van der Waals surface area contributed by atoms with E-state index < -0.39 is 43.7 Å². The summed E-state index contributed by atoms with van der Waals surface area (Å²) in [6.45, 7) is 1.65. The van der Waals surface area contributed by atoms with Gasteiger partial charge in [0, 0.05) is 17.2 Å². The summed E-state index contributed by atoms with van der Waals surface area (Å²) in [4.78, 5) is 22.0. The monoisotopic (exact) mass is 501 g/mol. The van der Waals surface area contributed by atoms with Gasteiger partial charge in [0.05, 0.1) is 45.0 Å². The lowest BCUT2D eigenvalue weighted by Gasteiger charge is -2.13. The quantitative estimate of drug-likeness (QED) is 0.262. The number of halogens is 3. The highest BCUT2D eigenvalue weighted by Crippen LogP contribution is 2.33. The number of rotatable bonds is 7. The topological polar surface area (TPSA) is 89.0 Å². The largest absolute Gasteiger partial charge is 0.288 e. The minimum atomic E-state index is -3.86. The molecule has 0 unspecified atom stereocenters. The predicted octanol–water partition coefficient (Wildman–Crippen LogP) is 5.61. The molecule has 1 heterocycles. The Balaban J connectivity index is 1.78. The van der Waals surface area contributed by atoms with Gasteiger partial charge in [0.15, 0.2) is 17.4 Å². The molecule has 34 heavy (non-hydrogen) atoms. The number of carbonyl (C=O) groups is 1. The molecule has 1 N–H and O–H groups in total. The molecule has 0 aliphatic rings. The van der Waals surface area contributed by atoms with Gasteiger partial charge < -0.3 is 0 Å². The van der Waals surface area contributed by atoms with Crippen molar-refractivity contribution in [2.45, 2.75) is 13.3 Å². The Labute approximate surface area is 199 Å². The number of hydrogen-bond acceptors (Lipinski definition) is 5. The first-order chi connectivity index (χ1) is 16.2. The molecule has 0 radical (unpaired) electrons. The van der Waals surface area contributed by atoms with Crippen LogP contribution in [0.2, 0.25) is 5.02 Å². The van der Waals surface area contributed by atoms with Crippen molar-refractivity contribution in [1.82, 2.24) is 9.97 Å². The second-order valence-corrected chi connectivity index (χ2v) is 9.70. The maximum Gasteiger partial charge on any atom is 0.232 e. The van der Waals surface area contributed by atoms with Crippen LogP contribution in [0.4, 0.5) is 14.5 Å². The number of anilines is 1. The highest BCUT2D eigenvalue weighted by atomic mass is 35.5. The summed E-state index contributed by atoms with van der Waals surface area (Å²) in [6.07, 6.45) is 1.89. The van der Waals surface area contributed by atoms with Crippen LogP contribution in [0.25, 0.3) is 22.3 Å². The molecule has 0 saturated carbocycles. The van der Waals surface area contributed by atoms with Crippen LogP contribution in [0.3, 0.4) is 0 Å². The van der Waals surface area contributed by atoms with Crippen LogP contribution in [0.5, 0.6) is 0 Å². The third-order valence-corrected chi connectivity index (χ3v) is 6.86. The predicted molar refractivity (Wildman–Crippen MR) is 127 cm³/mol. The molecule has 1 aromatic heterocycles. The smallest absolute Gasteiger partial charge is 0.232 e. The van der Waals surface area contributed by atoms with Crippen molar-refractivity contribution in [3.05, 3.63) is 88.6 Å². The van der Waals surface area contributed by atoms with E-state index in [4.69, 9.17) is 11.6 Å². The molecule has 0 amide bonds. The van der Waals surface area contributed by atoms with Gasteiger partial charge in [0.25, 0.3) is 0 Å². The lowest BCUT2D eigenvalue weighted by Crippen LogP contribution is -2.18. The van der Waals surface area contributed by atoms with E-state index in [0.29, 0.717) is 29.2 Å². The van der Waals surface area contributed by atoms with Crippen molar-refractivity contribution in [1.29, 1.82) is 0 Å². The summed E-state index contributed by atoms with van der Waals surface area (Å²) >= 11 is 6.18. The first-order valence-electron chi connectivity index (χ1n) is 10.2. The number of hydrogen-bond donors (Lipinski definition) is 1. The highest BCUT2D eigenvalue weighted by Gasteiger charge is 2.26. The molecule has 4 aromatic rings. The van der Waals surface area contributed by atoms with E-state index in [0.717, 1.165) is 5.56 Å². The Morgan fingerprint density at radius 2 is 1.79 bits per heavy atom. The summed E-state index contributed by atoms with van der Waals surface area (Å²) in [5, 5.41) is -0.534. The van der Waals surface area contributed by atoms with Crippen molar-refractivity contribution < 1.29 is 22.0 Å². The average Bonchev–Trinajstić information content (AvgIpc) is 2.82. The summed E-state index contributed by atoms with van der Waals surface area (Å²) in [6, 6.07) is 14.2. The van der Waals surface area contributed by atoms with E-state index >= 15 is 0 Å². The van der Waals surface area contributed by atoms with Gasteiger partial charge in [-0.25, -0.2) is 22.2 Å². The zero-order valence-corrected chi connectivity index (χ0v) is 19.4. The second kappa shape index (κ2) is 9.44. The molecule has 0 aliphatic carbocycles. The van der Waals surface area contributed by atoms with Crippen LogP contribution in [-0.2, 0) is 10.0 Å². The standard InChI is InChI=1S/C24H18ClF2N3O3S/c1-2-10-34(32,33)30-19-12-16(26)23(27)21(22(19)25)24(31)15-8-9-17-18(11-15)29-20(13-28-17)14-6-4-3-5-7-14/h3-9,11-13,30H,2,10H2,1H3. The van der Waals surface area contributed by atoms with Gasteiger partial charge in [0.2, 0.25) is 10.0 Å². The summed E-state index contributed by atoms with van der Waals surface area (Å²) in [5.41, 5.74) is 1.05. The van der Waals surface area contributed by atoms with Gasteiger partial charge in [0.1, 0.15) is 0 Å². The number of fused-ring (bicyclic) bond motifs is 1. The first kappa shape index (κ1) is 23.7. The fourth-order valence-corrected chi connectivity index (χ4v) is 4.87. The van der Waals surface area contributed by atoms with Gasteiger partial charge >= 0.3 is 0 Å². The Morgan fingerprint density at radius 3 is 2.50 bits per heavy atom. The maximum atomic E-state index is 14.7. The Hall–Kier alpha value is -3.43. The number of nitrogens with one attached hydrogen (secondary N) is 1. The van der Waals surface area contributed by atoms with Gasteiger partial charge in [-0.05, 0) is 24.6 Å². The molecule has 0 spiro atoms. The minimum absolute atomic E-state index is 0.0132. The van der Waals surface area contributed by atoms with E-state index in [1.165, 1.54) is 18.2 Å². The van der Waals surface area contributed by atoms with Gasteiger partial charge in [-0.1, -0.05) is 48.9 Å². The Kier molecular flexibility index (Phi) is 6.58.